The van der Waals surface area contributed by atoms with Crippen molar-refractivity contribution in [3.05, 3.63) is 77.2 Å². The minimum Gasteiger partial charge on any atom is -0.372 e. The van der Waals surface area contributed by atoms with E-state index >= 15 is 0 Å². The highest BCUT2D eigenvalue weighted by atomic mass is 32.2. The number of hydrogen-bond donors (Lipinski definition) is 0. The Morgan fingerprint density at radius 3 is 2.43 bits per heavy atom. The molecule has 0 spiro atoms. The van der Waals surface area contributed by atoms with E-state index < -0.39 is 0 Å². The average Bonchev–Trinajstić information content (AvgIpc) is 3.40. The number of benzene rings is 3. The number of carbonyl (C=O) groups excluding carboxylic acids is 1. The van der Waals surface area contributed by atoms with Crippen LogP contribution in [0, 0.1) is 0 Å². The van der Waals surface area contributed by atoms with Gasteiger partial charge in [0, 0.05) is 25.8 Å². The van der Waals surface area contributed by atoms with Crippen LogP contribution < -0.4 is 4.90 Å². The minimum atomic E-state index is -0.0110. The number of amides is 1. The molecule has 5 heteroatoms. The number of anilines is 1. The van der Waals surface area contributed by atoms with E-state index in [9.17, 15) is 4.79 Å². The molecule has 2 saturated heterocycles. The third-order valence-corrected chi connectivity index (χ3v) is 6.68. The molecule has 30 heavy (non-hydrogen) atoms. The lowest BCUT2D eigenvalue weighted by molar-refractivity contribution is -0.121. The van der Waals surface area contributed by atoms with Crippen molar-refractivity contribution in [3.8, 4) is 0 Å². The van der Waals surface area contributed by atoms with E-state index in [0.717, 1.165) is 29.7 Å². The number of amidine groups is 1. The Morgan fingerprint density at radius 2 is 1.67 bits per heavy atom. The van der Waals surface area contributed by atoms with Crippen LogP contribution in [0.25, 0.3) is 16.8 Å². The lowest BCUT2D eigenvalue weighted by Gasteiger charge is -2.17. The van der Waals surface area contributed by atoms with Gasteiger partial charge in [-0.25, -0.2) is 4.99 Å². The summed E-state index contributed by atoms with van der Waals surface area (Å²) in [5.41, 5.74) is 3.15. The second kappa shape index (κ2) is 8.00. The highest BCUT2D eigenvalue weighted by Crippen LogP contribution is 2.34. The van der Waals surface area contributed by atoms with Crippen molar-refractivity contribution in [2.45, 2.75) is 12.8 Å². The number of fused-ring (bicyclic) bond motifs is 1. The van der Waals surface area contributed by atoms with Crippen LogP contribution >= 0.6 is 11.8 Å². The van der Waals surface area contributed by atoms with E-state index in [-0.39, 0.29) is 5.91 Å². The Hall–Kier alpha value is -3.05. The van der Waals surface area contributed by atoms with E-state index in [1.807, 2.05) is 24.3 Å². The van der Waals surface area contributed by atoms with E-state index in [4.69, 9.17) is 4.99 Å². The molecule has 0 aliphatic carbocycles. The fourth-order valence-electron chi connectivity index (χ4n) is 3.92. The molecule has 0 radical (unpaired) electrons. The SMILES string of the molecule is CN1C(=O)/C(=C/c2ccc(N3CCCC3)cc2)SC1=Nc1ccc2ccccc2c1. The summed E-state index contributed by atoms with van der Waals surface area (Å²) in [6.45, 7) is 2.27. The Balaban J connectivity index is 1.38. The van der Waals surface area contributed by atoms with Crippen molar-refractivity contribution < 1.29 is 4.79 Å². The molecule has 3 aromatic carbocycles. The maximum absolute atomic E-state index is 12.7. The van der Waals surface area contributed by atoms with Crippen LogP contribution in [0.2, 0.25) is 0 Å². The molecule has 0 unspecified atom stereocenters. The van der Waals surface area contributed by atoms with Crippen LogP contribution in [0.5, 0.6) is 0 Å². The Bertz CT molecular complexity index is 1160. The van der Waals surface area contributed by atoms with Gasteiger partial charge in [-0.3, -0.25) is 9.69 Å². The number of aliphatic imine (C=N–C) groups is 1. The predicted octanol–water partition coefficient (Wildman–Crippen LogP) is 5.67. The lowest BCUT2D eigenvalue weighted by atomic mass is 10.1. The van der Waals surface area contributed by atoms with Gasteiger partial charge in [-0.1, -0.05) is 42.5 Å². The summed E-state index contributed by atoms with van der Waals surface area (Å²) in [5, 5.41) is 3.03. The number of hydrogen-bond acceptors (Lipinski definition) is 4. The van der Waals surface area contributed by atoms with Crippen molar-refractivity contribution in [1.82, 2.24) is 4.90 Å². The molecule has 150 valence electrons. The summed E-state index contributed by atoms with van der Waals surface area (Å²) < 4.78 is 0. The molecule has 0 N–H and O–H groups in total. The average molecular weight is 414 g/mol. The zero-order chi connectivity index (χ0) is 20.5. The Labute approximate surface area is 180 Å². The van der Waals surface area contributed by atoms with Crippen molar-refractivity contribution in [2.75, 3.05) is 25.0 Å². The molecule has 2 heterocycles. The molecule has 2 aliphatic heterocycles. The highest BCUT2D eigenvalue weighted by molar-refractivity contribution is 8.18. The van der Waals surface area contributed by atoms with Gasteiger partial charge in [-0.15, -0.1) is 0 Å². The molecule has 0 atom stereocenters. The van der Waals surface area contributed by atoms with Crippen LogP contribution in [-0.4, -0.2) is 36.1 Å². The third kappa shape index (κ3) is 3.73. The van der Waals surface area contributed by atoms with Crippen LogP contribution in [0.15, 0.2) is 76.6 Å². The van der Waals surface area contributed by atoms with Crippen molar-refractivity contribution in [1.29, 1.82) is 0 Å². The van der Waals surface area contributed by atoms with Crippen LogP contribution in [-0.2, 0) is 4.79 Å². The van der Waals surface area contributed by atoms with Gasteiger partial charge in [0.25, 0.3) is 5.91 Å². The van der Waals surface area contributed by atoms with Gasteiger partial charge in [-0.05, 0) is 71.3 Å². The quantitative estimate of drug-likeness (QED) is 0.519. The van der Waals surface area contributed by atoms with E-state index in [1.54, 1.807) is 11.9 Å². The maximum atomic E-state index is 12.7. The van der Waals surface area contributed by atoms with Gasteiger partial charge in [-0.2, -0.15) is 0 Å². The van der Waals surface area contributed by atoms with E-state index in [2.05, 4.69) is 53.4 Å². The van der Waals surface area contributed by atoms with Crippen molar-refractivity contribution >= 4 is 51.1 Å². The van der Waals surface area contributed by atoms with Crippen LogP contribution in [0.3, 0.4) is 0 Å². The molecule has 3 aromatic rings. The van der Waals surface area contributed by atoms with Gasteiger partial charge < -0.3 is 4.90 Å². The van der Waals surface area contributed by atoms with E-state index in [1.165, 1.54) is 35.7 Å². The second-order valence-corrected chi connectivity index (χ2v) is 8.70. The summed E-state index contributed by atoms with van der Waals surface area (Å²) in [5.74, 6) is -0.0110. The number of likely N-dealkylation sites (N-methyl/N-ethyl adjacent to an activating group) is 1. The number of rotatable bonds is 3. The fourth-order valence-corrected chi connectivity index (χ4v) is 4.90. The van der Waals surface area contributed by atoms with E-state index in [0.29, 0.717) is 10.1 Å². The summed E-state index contributed by atoms with van der Waals surface area (Å²) in [4.78, 5) is 22.2. The normalized spacial score (nSPS) is 19.6. The first-order chi connectivity index (χ1) is 14.7. The largest absolute Gasteiger partial charge is 0.372 e. The summed E-state index contributed by atoms with van der Waals surface area (Å²) in [6.07, 6.45) is 4.49. The molecular weight excluding hydrogens is 390 g/mol. The van der Waals surface area contributed by atoms with Gasteiger partial charge in [0.05, 0.1) is 10.6 Å². The molecule has 0 aromatic heterocycles. The van der Waals surface area contributed by atoms with Crippen LogP contribution in [0.1, 0.15) is 18.4 Å². The molecule has 0 bridgehead atoms. The zero-order valence-corrected chi connectivity index (χ0v) is 17.7. The Morgan fingerprint density at radius 1 is 0.933 bits per heavy atom. The predicted molar refractivity (Wildman–Crippen MR) is 127 cm³/mol. The molecular formula is C25H23N3OS. The summed E-state index contributed by atoms with van der Waals surface area (Å²) in [6, 6.07) is 22.8. The van der Waals surface area contributed by atoms with Gasteiger partial charge in [0.15, 0.2) is 5.17 Å². The maximum Gasteiger partial charge on any atom is 0.266 e. The highest BCUT2D eigenvalue weighted by Gasteiger charge is 2.30. The van der Waals surface area contributed by atoms with Gasteiger partial charge in [0.1, 0.15) is 0 Å². The fraction of sp³-hybridized carbons (Fsp3) is 0.200. The smallest absolute Gasteiger partial charge is 0.266 e. The third-order valence-electron chi connectivity index (χ3n) is 5.62. The summed E-state index contributed by atoms with van der Waals surface area (Å²) in [7, 11) is 1.78. The zero-order valence-electron chi connectivity index (χ0n) is 16.9. The minimum absolute atomic E-state index is 0.0110. The standard InChI is InChI=1S/C25H23N3OS/c1-27-24(29)23(16-18-8-12-22(13-9-18)28-14-4-5-15-28)30-25(27)26-21-11-10-19-6-2-3-7-20(19)17-21/h2-3,6-13,16-17H,4-5,14-15H2,1H3/b23-16-,26-25?. The van der Waals surface area contributed by atoms with Crippen molar-refractivity contribution in [2.24, 2.45) is 4.99 Å². The number of thioether (sulfide) groups is 1. The monoisotopic (exact) mass is 413 g/mol. The first-order valence-corrected chi connectivity index (χ1v) is 11.1. The van der Waals surface area contributed by atoms with Gasteiger partial charge >= 0.3 is 0 Å². The molecule has 4 nitrogen and oxygen atoms in total. The molecule has 5 rings (SSSR count). The van der Waals surface area contributed by atoms with Crippen molar-refractivity contribution in [3.63, 3.8) is 0 Å². The van der Waals surface area contributed by atoms with Crippen LogP contribution in [0.4, 0.5) is 11.4 Å². The first kappa shape index (κ1) is 18.9. The first-order valence-electron chi connectivity index (χ1n) is 10.3. The molecule has 2 aliphatic rings. The topological polar surface area (TPSA) is 35.9 Å². The molecule has 2 fully saturated rings. The number of carbonyl (C=O) groups is 1. The second-order valence-electron chi connectivity index (χ2n) is 7.69. The number of nitrogens with zero attached hydrogens (tertiary/aromatic N) is 3. The lowest BCUT2D eigenvalue weighted by Crippen LogP contribution is -2.23. The molecule has 1 amide bonds. The Kier molecular flexibility index (Phi) is 5.05. The van der Waals surface area contributed by atoms with Gasteiger partial charge in [0.2, 0.25) is 0 Å². The summed E-state index contributed by atoms with van der Waals surface area (Å²) >= 11 is 1.43. The molecule has 0 saturated carbocycles.